The number of ether oxygens (including phenoxy) is 1. The number of carbonyl (C=O) groups is 1. The van der Waals surface area contributed by atoms with E-state index in [1.54, 1.807) is 74.8 Å². The first kappa shape index (κ1) is 22.6. The number of nitrogens with one attached hydrogen (secondary N) is 1. The molecule has 0 aliphatic carbocycles. The number of aryl methyl sites for hydroxylation is 2. The van der Waals surface area contributed by atoms with Crippen LogP contribution in [0.25, 0.3) is 11.3 Å². The minimum atomic E-state index is -3.70. The van der Waals surface area contributed by atoms with E-state index in [0.29, 0.717) is 33.3 Å². The third-order valence-corrected chi connectivity index (χ3v) is 7.89. The Morgan fingerprint density at radius 1 is 1.00 bits per heavy atom. The zero-order valence-corrected chi connectivity index (χ0v) is 19.8. The highest BCUT2D eigenvalue weighted by Crippen LogP contribution is 2.33. The minimum absolute atomic E-state index is 0.206. The average molecular weight is 480 g/mol. The Morgan fingerprint density at radius 3 is 2.24 bits per heavy atom. The number of aromatic nitrogens is 2. The van der Waals surface area contributed by atoms with Gasteiger partial charge in [-0.3, -0.25) is 15.1 Å². The molecule has 0 atom stereocenters. The molecule has 0 spiro atoms. The third-order valence-electron chi connectivity index (χ3n) is 5.06. The van der Waals surface area contributed by atoms with Crippen molar-refractivity contribution in [3.63, 3.8) is 0 Å². The zero-order chi connectivity index (χ0) is 23.6. The van der Waals surface area contributed by atoms with Crippen molar-refractivity contribution in [2.45, 2.75) is 23.6 Å². The van der Waals surface area contributed by atoms with Gasteiger partial charge in [0.15, 0.2) is 5.13 Å². The van der Waals surface area contributed by atoms with Crippen molar-refractivity contribution in [2.75, 3.05) is 12.4 Å². The second kappa shape index (κ2) is 9.13. The number of thiazole rings is 1. The van der Waals surface area contributed by atoms with Crippen LogP contribution in [0.2, 0.25) is 0 Å². The van der Waals surface area contributed by atoms with Crippen LogP contribution in [-0.2, 0) is 9.84 Å². The van der Waals surface area contributed by atoms with Gasteiger partial charge in [0.2, 0.25) is 9.84 Å². The van der Waals surface area contributed by atoms with Gasteiger partial charge in [0, 0.05) is 28.9 Å². The van der Waals surface area contributed by atoms with Gasteiger partial charge in [-0.05, 0) is 73.5 Å². The van der Waals surface area contributed by atoms with E-state index in [0.717, 1.165) is 5.56 Å². The van der Waals surface area contributed by atoms with Crippen molar-refractivity contribution < 1.29 is 17.9 Å². The fourth-order valence-electron chi connectivity index (χ4n) is 3.53. The van der Waals surface area contributed by atoms with Crippen LogP contribution in [0.3, 0.4) is 0 Å². The van der Waals surface area contributed by atoms with Crippen molar-refractivity contribution in [1.82, 2.24) is 9.97 Å². The van der Waals surface area contributed by atoms with Crippen molar-refractivity contribution in [3.8, 4) is 17.0 Å². The van der Waals surface area contributed by atoms with Crippen LogP contribution in [0.4, 0.5) is 5.13 Å². The van der Waals surface area contributed by atoms with Crippen LogP contribution in [-0.4, -0.2) is 31.4 Å². The molecule has 1 amide bonds. The number of amides is 1. The largest absolute Gasteiger partial charge is 0.497 e. The molecule has 4 aromatic rings. The van der Waals surface area contributed by atoms with Gasteiger partial charge in [-0.25, -0.2) is 13.4 Å². The molecule has 2 aromatic carbocycles. The fourth-order valence-corrected chi connectivity index (χ4v) is 5.94. The molecule has 33 heavy (non-hydrogen) atoms. The molecule has 2 aromatic heterocycles. The van der Waals surface area contributed by atoms with E-state index < -0.39 is 9.84 Å². The van der Waals surface area contributed by atoms with Gasteiger partial charge in [-0.2, -0.15) is 0 Å². The molecule has 0 fully saturated rings. The SMILES string of the molecule is COc1ccc(S(=O)(=O)c2c(C)cc(-c3csc(NC(=O)c4ccncc4)n3)cc2C)cc1. The lowest BCUT2D eigenvalue weighted by atomic mass is 10.1. The van der Waals surface area contributed by atoms with E-state index in [4.69, 9.17) is 4.74 Å². The number of sulfone groups is 1. The second-order valence-electron chi connectivity index (χ2n) is 7.35. The Labute approximate surface area is 196 Å². The molecular formula is C24H21N3O4S2. The maximum atomic E-state index is 13.3. The standard InChI is InChI=1S/C24H21N3O4S2/c1-15-12-18(21-14-32-24(26-21)27-23(28)17-8-10-25-11-9-17)13-16(2)22(15)33(29,30)20-6-4-19(31-3)5-7-20/h4-14H,1-3H3,(H,26,27,28). The highest BCUT2D eigenvalue weighted by molar-refractivity contribution is 7.91. The maximum absolute atomic E-state index is 13.3. The Kier molecular flexibility index (Phi) is 6.26. The lowest BCUT2D eigenvalue weighted by Gasteiger charge is -2.13. The summed E-state index contributed by atoms with van der Waals surface area (Å²) in [5.41, 5.74) is 3.16. The molecule has 0 aliphatic rings. The molecule has 0 saturated carbocycles. The normalized spacial score (nSPS) is 11.2. The van der Waals surface area contributed by atoms with Crippen LogP contribution in [0.5, 0.6) is 5.75 Å². The summed E-state index contributed by atoms with van der Waals surface area (Å²) in [5, 5.41) is 5.06. The summed E-state index contributed by atoms with van der Waals surface area (Å²) in [6.07, 6.45) is 3.10. The molecule has 0 saturated heterocycles. The van der Waals surface area contributed by atoms with E-state index in [1.807, 2.05) is 5.38 Å². The van der Waals surface area contributed by atoms with Gasteiger partial charge in [0.05, 0.1) is 22.6 Å². The lowest BCUT2D eigenvalue weighted by molar-refractivity contribution is 0.102. The van der Waals surface area contributed by atoms with Gasteiger partial charge >= 0.3 is 0 Å². The number of rotatable bonds is 6. The zero-order valence-electron chi connectivity index (χ0n) is 18.2. The molecule has 168 valence electrons. The number of anilines is 1. The summed E-state index contributed by atoms with van der Waals surface area (Å²) < 4.78 is 31.7. The smallest absolute Gasteiger partial charge is 0.257 e. The van der Waals surface area contributed by atoms with Gasteiger partial charge in [0.25, 0.3) is 5.91 Å². The lowest BCUT2D eigenvalue weighted by Crippen LogP contribution is -2.11. The molecule has 9 heteroatoms. The van der Waals surface area contributed by atoms with E-state index in [2.05, 4.69) is 15.3 Å². The summed E-state index contributed by atoms with van der Waals surface area (Å²) in [5.74, 6) is 0.319. The molecule has 0 unspecified atom stereocenters. The summed E-state index contributed by atoms with van der Waals surface area (Å²) in [7, 11) is -2.17. The van der Waals surface area contributed by atoms with Gasteiger partial charge in [-0.15, -0.1) is 11.3 Å². The van der Waals surface area contributed by atoms with Crippen molar-refractivity contribution in [1.29, 1.82) is 0 Å². The van der Waals surface area contributed by atoms with Crippen LogP contribution in [0, 0.1) is 13.8 Å². The Bertz CT molecular complexity index is 1390. The van der Waals surface area contributed by atoms with Crippen molar-refractivity contribution in [2.24, 2.45) is 0 Å². The second-order valence-corrected chi connectivity index (χ2v) is 10.1. The fraction of sp³-hybridized carbons (Fsp3) is 0.125. The van der Waals surface area contributed by atoms with Gasteiger partial charge in [0.1, 0.15) is 5.75 Å². The van der Waals surface area contributed by atoms with Gasteiger partial charge in [-0.1, -0.05) is 0 Å². The highest BCUT2D eigenvalue weighted by atomic mass is 32.2. The molecule has 2 heterocycles. The molecular weight excluding hydrogens is 458 g/mol. The Morgan fingerprint density at radius 2 is 1.64 bits per heavy atom. The number of pyridine rings is 1. The number of hydrogen-bond donors (Lipinski definition) is 1. The summed E-state index contributed by atoms with van der Waals surface area (Å²) >= 11 is 1.30. The van der Waals surface area contributed by atoms with Crippen LogP contribution in [0.1, 0.15) is 21.5 Å². The van der Waals surface area contributed by atoms with E-state index in [1.165, 1.54) is 18.4 Å². The minimum Gasteiger partial charge on any atom is -0.497 e. The van der Waals surface area contributed by atoms with Crippen LogP contribution in [0.15, 0.2) is 76.1 Å². The number of carbonyl (C=O) groups excluding carboxylic acids is 1. The molecule has 0 radical (unpaired) electrons. The van der Waals surface area contributed by atoms with Gasteiger partial charge < -0.3 is 4.74 Å². The predicted molar refractivity (Wildman–Crippen MR) is 128 cm³/mol. The molecule has 0 bridgehead atoms. The molecule has 4 rings (SSSR count). The van der Waals surface area contributed by atoms with E-state index >= 15 is 0 Å². The number of nitrogens with zero attached hydrogens (tertiary/aromatic N) is 2. The topological polar surface area (TPSA) is 98.2 Å². The van der Waals surface area contributed by atoms with Crippen molar-refractivity contribution >= 4 is 32.2 Å². The first-order valence-corrected chi connectivity index (χ1v) is 12.3. The Hall–Kier alpha value is -3.56. The first-order valence-electron chi connectivity index (χ1n) is 9.97. The van der Waals surface area contributed by atoms with Crippen molar-refractivity contribution in [3.05, 3.63) is 83.0 Å². The monoisotopic (exact) mass is 479 g/mol. The average Bonchev–Trinajstić information content (AvgIpc) is 3.27. The molecule has 1 N–H and O–H groups in total. The van der Waals surface area contributed by atoms with E-state index in [9.17, 15) is 13.2 Å². The van der Waals surface area contributed by atoms with Crippen LogP contribution < -0.4 is 10.1 Å². The predicted octanol–water partition coefficient (Wildman–Crippen LogP) is 4.92. The molecule has 0 aliphatic heterocycles. The molecule has 7 nitrogen and oxygen atoms in total. The van der Waals surface area contributed by atoms with Crippen LogP contribution >= 0.6 is 11.3 Å². The van der Waals surface area contributed by atoms with E-state index in [-0.39, 0.29) is 15.7 Å². The summed E-state index contributed by atoms with van der Waals surface area (Å²) in [6.45, 7) is 3.54. The number of hydrogen-bond acceptors (Lipinski definition) is 7. The Balaban J connectivity index is 1.62. The third kappa shape index (κ3) is 4.64. The maximum Gasteiger partial charge on any atom is 0.257 e. The number of benzene rings is 2. The summed E-state index contributed by atoms with van der Waals surface area (Å²) in [6, 6.07) is 13.2. The quantitative estimate of drug-likeness (QED) is 0.422. The highest BCUT2D eigenvalue weighted by Gasteiger charge is 2.23. The first-order chi connectivity index (χ1) is 15.8. The summed E-state index contributed by atoms with van der Waals surface area (Å²) in [4.78, 5) is 21.2. The number of methoxy groups -OCH3 is 1.